The quantitative estimate of drug-likeness (QED) is 0.300. The van der Waals surface area contributed by atoms with E-state index >= 15 is 0 Å². The minimum absolute atomic E-state index is 0.0869. The molecule has 164 valence electrons. The lowest BCUT2D eigenvalue weighted by atomic mass is 9.52. The van der Waals surface area contributed by atoms with Crippen molar-refractivity contribution in [3.05, 3.63) is 12.2 Å². The Labute approximate surface area is 176 Å². The van der Waals surface area contributed by atoms with Crippen LogP contribution < -0.4 is 0 Å². The lowest BCUT2D eigenvalue weighted by Crippen LogP contribution is -2.58. The molecule has 7 nitrogen and oxygen atoms in total. The predicted molar refractivity (Wildman–Crippen MR) is 104 cm³/mol. The van der Waals surface area contributed by atoms with Crippen LogP contribution in [0.3, 0.4) is 0 Å². The highest BCUT2D eigenvalue weighted by atomic mass is 16.6. The number of rotatable bonds is 3. The molecular formula is C23H30O7. The summed E-state index contributed by atoms with van der Waals surface area (Å²) in [4.78, 5) is 40.2. The van der Waals surface area contributed by atoms with Gasteiger partial charge in [-0.2, -0.15) is 0 Å². The average molecular weight is 418 g/mol. The van der Waals surface area contributed by atoms with Crippen molar-refractivity contribution < 1.29 is 33.3 Å². The molecule has 5 fully saturated rings. The van der Waals surface area contributed by atoms with E-state index in [-0.39, 0.29) is 30.1 Å². The molecule has 7 heteroatoms. The SMILES string of the molecule is C=C1CC23CC1CCC2C1(C(=O)OC)CC2OC2C(C)(C(=O)OC)C1C3C(=O)OC. The first-order valence-electron chi connectivity index (χ1n) is 10.8. The van der Waals surface area contributed by atoms with Crippen LogP contribution in [0.1, 0.15) is 39.0 Å². The lowest BCUT2D eigenvalue weighted by molar-refractivity contribution is -0.179. The third-order valence-electron chi connectivity index (χ3n) is 9.39. The van der Waals surface area contributed by atoms with E-state index in [0.29, 0.717) is 18.8 Å². The Balaban J connectivity index is 1.79. The zero-order valence-corrected chi connectivity index (χ0v) is 18.1. The van der Waals surface area contributed by atoms with Crippen molar-refractivity contribution in [2.24, 2.45) is 39.9 Å². The molecule has 1 heterocycles. The summed E-state index contributed by atoms with van der Waals surface area (Å²) in [5, 5.41) is 0. The summed E-state index contributed by atoms with van der Waals surface area (Å²) < 4.78 is 21.9. The van der Waals surface area contributed by atoms with Crippen molar-refractivity contribution in [1.82, 2.24) is 0 Å². The maximum atomic E-state index is 13.6. The predicted octanol–water partition coefficient (Wildman–Crippen LogP) is 2.28. The minimum atomic E-state index is -1.13. The van der Waals surface area contributed by atoms with E-state index in [1.54, 1.807) is 6.92 Å². The van der Waals surface area contributed by atoms with Gasteiger partial charge in [-0.05, 0) is 56.3 Å². The summed E-state index contributed by atoms with van der Waals surface area (Å²) >= 11 is 0. The first-order valence-corrected chi connectivity index (χ1v) is 10.8. The summed E-state index contributed by atoms with van der Waals surface area (Å²) in [6, 6.07) is 0. The van der Waals surface area contributed by atoms with Gasteiger partial charge in [0.25, 0.3) is 0 Å². The number of hydrogen-bond acceptors (Lipinski definition) is 7. The molecule has 9 unspecified atom stereocenters. The molecule has 0 aromatic carbocycles. The molecule has 0 radical (unpaired) electrons. The van der Waals surface area contributed by atoms with E-state index in [2.05, 4.69) is 6.58 Å². The van der Waals surface area contributed by atoms with Crippen LogP contribution in [-0.2, 0) is 33.3 Å². The first kappa shape index (κ1) is 20.0. The summed E-state index contributed by atoms with van der Waals surface area (Å²) in [6.45, 7) is 6.11. The Kier molecular flexibility index (Phi) is 4.06. The molecule has 4 aliphatic carbocycles. The number of carbonyl (C=O) groups excluding carboxylic acids is 3. The highest BCUT2D eigenvalue weighted by molar-refractivity contribution is 5.88. The summed E-state index contributed by atoms with van der Waals surface area (Å²) in [5.74, 6) is -2.10. The topological polar surface area (TPSA) is 91.4 Å². The number of carbonyl (C=O) groups is 3. The van der Waals surface area contributed by atoms with Crippen LogP contribution in [0.15, 0.2) is 12.2 Å². The Morgan fingerprint density at radius 3 is 2.37 bits per heavy atom. The summed E-state index contributed by atoms with van der Waals surface area (Å²) in [7, 11) is 4.12. The van der Waals surface area contributed by atoms with Crippen LogP contribution in [0, 0.1) is 39.9 Å². The summed E-state index contributed by atoms with van der Waals surface area (Å²) in [6.07, 6.45) is 3.13. The van der Waals surface area contributed by atoms with Crippen molar-refractivity contribution in [2.75, 3.05) is 21.3 Å². The number of fused-ring (bicyclic) bond motifs is 4. The standard InChI is InChI=1S/C23H30O7/c1-11-8-22-9-12(11)6-7-14(22)23(20(26)29-5)10-13-17(30-13)21(2,19(25)28-4)16(23)15(22)18(24)27-3/h12-17H,1,6-10H2,2-5H3. The Bertz CT molecular complexity index is 850. The van der Waals surface area contributed by atoms with Crippen LogP contribution in [0.4, 0.5) is 0 Å². The van der Waals surface area contributed by atoms with E-state index in [1.807, 2.05) is 0 Å². The lowest BCUT2D eigenvalue weighted by Gasteiger charge is -2.48. The third-order valence-corrected chi connectivity index (χ3v) is 9.39. The van der Waals surface area contributed by atoms with Gasteiger partial charge in [-0.15, -0.1) is 0 Å². The molecule has 5 aliphatic rings. The molecule has 30 heavy (non-hydrogen) atoms. The second-order valence-electron chi connectivity index (χ2n) is 10.2. The number of methoxy groups -OCH3 is 3. The number of allylic oxidation sites excluding steroid dienone is 1. The smallest absolute Gasteiger partial charge is 0.314 e. The molecular weight excluding hydrogens is 388 g/mol. The second kappa shape index (κ2) is 6.09. The monoisotopic (exact) mass is 418 g/mol. The fourth-order valence-corrected chi connectivity index (χ4v) is 8.53. The average Bonchev–Trinajstić information content (AvgIpc) is 3.42. The number of epoxide rings is 1. The van der Waals surface area contributed by atoms with Crippen LogP contribution in [-0.4, -0.2) is 51.4 Å². The molecule has 0 aromatic heterocycles. The van der Waals surface area contributed by atoms with Crippen LogP contribution >= 0.6 is 0 Å². The van der Waals surface area contributed by atoms with Crippen molar-refractivity contribution in [1.29, 1.82) is 0 Å². The summed E-state index contributed by atoms with van der Waals surface area (Å²) in [5.41, 5.74) is -1.41. The van der Waals surface area contributed by atoms with Crippen LogP contribution in [0.25, 0.3) is 0 Å². The van der Waals surface area contributed by atoms with Gasteiger partial charge in [0, 0.05) is 5.92 Å². The van der Waals surface area contributed by atoms with Gasteiger partial charge in [-0.25, -0.2) is 0 Å². The van der Waals surface area contributed by atoms with Gasteiger partial charge in [0.1, 0.15) is 6.10 Å². The maximum Gasteiger partial charge on any atom is 0.314 e. The molecule has 1 spiro atoms. The van der Waals surface area contributed by atoms with E-state index in [1.165, 1.54) is 21.3 Å². The fourth-order valence-electron chi connectivity index (χ4n) is 8.53. The second-order valence-corrected chi connectivity index (χ2v) is 10.2. The molecule has 1 saturated heterocycles. The number of ether oxygens (including phenoxy) is 4. The van der Waals surface area contributed by atoms with E-state index in [4.69, 9.17) is 18.9 Å². The Morgan fingerprint density at radius 2 is 1.73 bits per heavy atom. The van der Waals surface area contributed by atoms with E-state index in [9.17, 15) is 14.4 Å². The first-order chi connectivity index (χ1) is 14.2. The van der Waals surface area contributed by atoms with E-state index in [0.717, 1.165) is 24.8 Å². The number of hydrogen-bond donors (Lipinski definition) is 0. The highest BCUT2D eigenvalue weighted by Crippen LogP contribution is 2.79. The third kappa shape index (κ3) is 2.03. The Hall–Kier alpha value is -1.89. The van der Waals surface area contributed by atoms with Crippen LogP contribution in [0.2, 0.25) is 0 Å². The van der Waals surface area contributed by atoms with Crippen molar-refractivity contribution in [3.63, 3.8) is 0 Å². The van der Waals surface area contributed by atoms with Crippen LogP contribution in [0.5, 0.6) is 0 Å². The van der Waals surface area contributed by atoms with Gasteiger partial charge < -0.3 is 18.9 Å². The van der Waals surface area contributed by atoms with Gasteiger partial charge >= 0.3 is 17.9 Å². The highest BCUT2D eigenvalue weighted by Gasteiger charge is 2.84. The van der Waals surface area contributed by atoms with Crippen molar-refractivity contribution in [2.45, 2.75) is 51.2 Å². The van der Waals surface area contributed by atoms with Gasteiger partial charge in [-0.3, -0.25) is 14.4 Å². The molecule has 0 N–H and O–H groups in total. The van der Waals surface area contributed by atoms with Crippen molar-refractivity contribution in [3.8, 4) is 0 Å². The molecule has 5 rings (SSSR count). The Morgan fingerprint density at radius 1 is 1.03 bits per heavy atom. The van der Waals surface area contributed by atoms with E-state index < -0.39 is 34.1 Å². The minimum Gasteiger partial charge on any atom is -0.469 e. The van der Waals surface area contributed by atoms with Gasteiger partial charge in [-0.1, -0.05) is 12.2 Å². The molecule has 2 bridgehead atoms. The molecule has 1 aliphatic heterocycles. The van der Waals surface area contributed by atoms with Gasteiger partial charge in [0.15, 0.2) is 0 Å². The molecule has 9 atom stereocenters. The maximum absolute atomic E-state index is 13.6. The zero-order chi connectivity index (χ0) is 21.6. The fraction of sp³-hybridized carbons (Fsp3) is 0.783. The molecule has 0 amide bonds. The molecule has 0 aromatic rings. The van der Waals surface area contributed by atoms with Gasteiger partial charge in [0.05, 0.1) is 44.2 Å². The van der Waals surface area contributed by atoms with Gasteiger partial charge in [0.2, 0.25) is 0 Å². The number of esters is 3. The zero-order valence-electron chi connectivity index (χ0n) is 18.1. The normalized spacial score (nSPS) is 50.1. The molecule has 4 saturated carbocycles. The van der Waals surface area contributed by atoms with Crippen molar-refractivity contribution >= 4 is 17.9 Å². The largest absolute Gasteiger partial charge is 0.469 e.